The first-order valence-electron chi connectivity index (χ1n) is 4.55. The summed E-state index contributed by atoms with van der Waals surface area (Å²) in [7, 11) is 0. The third-order valence-corrected chi connectivity index (χ3v) is 3.04. The van der Waals surface area contributed by atoms with E-state index >= 15 is 0 Å². The number of aromatic nitrogens is 2. The van der Waals surface area contributed by atoms with E-state index in [1.807, 2.05) is 26.0 Å². The fourth-order valence-corrected chi connectivity index (χ4v) is 2.10. The Kier molecular flexibility index (Phi) is 2.48. The third kappa shape index (κ3) is 1.63. The Balaban J connectivity index is 2.50. The van der Waals surface area contributed by atoms with Gasteiger partial charge in [0.15, 0.2) is 0 Å². The highest BCUT2D eigenvalue weighted by molar-refractivity contribution is 7.18. The van der Waals surface area contributed by atoms with Crippen molar-refractivity contribution in [3.05, 3.63) is 22.8 Å². The van der Waals surface area contributed by atoms with Crippen molar-refractivity contribution in [3.8, 4) is 0 Å². The summed E-state index contributed by atoms with van der Waals surface area (Å²) in [5.41, 5.74) is 1.88. The minimum Gasteiger partial charge on any atom is -0.396 e. The van der Waals surface area contributed by atoms with Gasteiger partial charge in [0.25, 0.3) is 0 Å². The molecule has 0 saturated heterocycles. The Morgan fingerprint density at radius 1 is 1.43 bits per heavy atom. The van der Waals surface area contributed by atoms with Crippen molar-refractivity contribution in [1.29, 1.82) is 0 Å². The van der Waals surface area contributed by atoms with Crippen molar-refractivity contribution in [1.82, 2.24) is 9.97 Å². The number of thiazole rings is 1. The van der Waals surface area contributed by atoms with Crippen LogP contribution in [0.3, 0.4) is 0 Å². The van der Waals surface area contributed by atoms with Crippen molar-refractivity contribution in [2.75, 3.05) is 6.61 Å². The van der Waals surface area contributed by atoms with Crippen LogP contribution in [0.2, 0.25) is 0 Å². The van der Waals surface area contributed by atoms with Crippen molar-refractivity contribution < 1.29 is 5.11 Å². The summed E-state index contributed by atoms with van der Waals surface area (Å²) in [6, 6.07) is 3.90. The number of hydrogen-bond acceptors (Lipinski definition) is 4. The molecule has 3 nitrogen and oxygen atoms in total. The van der Waals surface area contributed by atoms with Gasteiger partial charge in [0.2, 0.25) is 0 Å². The van der Waals surface area contributed by atoms with Crippen LogP contribution in [0.4, 0.5) is 0 Å². The molecule has 2 aromatic rings. The van der Waals surface area contributed by atoms with Crippen LogP contribution in [0, 0.1) is 6.92 Å². The molecule has 1 unspecified atom stereocenters. The van der Waals surface area contributed by atoms with Gasteiger partial charge in [-0.05, 0) is 19.1 Å². The molecule has 0 aliphatic heterocycles. The smallest absolute Gasteiger partial charge is 0.143 e. The van der Waals surface area contributed by atoms with Crippen LogP contribution in [0.5, 0.6) is 0 Å². The summed E-state index contributed by atoms with van der Waals surface area (Å²) in [6.45, 7) is 4.07. The van der Waals surface area contributed by atoms with E-state index in [-0.39, 0.29) is 12.5 Å². The molecule has 4 heteroatoms. The molecular weight excluding hydrogens is 196 g/mol. The molecule has 14 heavy (non-hydrogen) atoms. The molecule has 2 heterocycles. The molecule has 74 valence electrons. The van der Waals surface area contributed by atoms with Crippen LogP contribution in [-0.2, 0) is 0 Å². The molecule has 2 rings (SSSR count). The van der Waals surface area contributed by atoms with Gasteiger partial charge < -0.3 is 5.11 Å². The number of pyridine rings is 1. The van der Waals surface area contributed by atoms with Gasteiger partial charge in [0, 0.05) is 11.6 Å². The summed E-state index contributed by atoms with van der Waals surface area (Å²) in [5, 5.41) is 10.0. The highest BCUT2D eigenvalue weighted by Gasteiger charge is 2.08. The number of hydrogen-bond donors (Lipinski definition) is 1. The van der Waals surface area contributed by atoms with E-state index < -0.39 is 0 Å². The van der Waals surface area contributed by atoms with Crippen LogP contribution in [-0.4, -0.2) is 21.7 Å². The molecule has 0 saturated carbocycles. The van der Waals surface area contributed by atoms with Crippen LogP contribution < -0.4 is 0 Å². The van der Waals surface area contributed by atoms with E-state index in [1.54, 1.807) is 11.3 Å². The Bertz CT molecular complexity index is 452. The number of aryl methyl sites for hydroxylation is 1. The fraction of sp³-hybridized carbons (Fsp3) is 0.400. The predicted octanol–water partition coefficient (Wildman–Crippen LogP) is 2.10. The average Bonchev–Trinajstić information content (AvgIpc) is 2.55. The largest absolute Gasteiger partial charge is 0.396 e. The van der Waals surface area contributed by atoms with E-state index in [9.17, 15) is 0 Å². The topological polar surface area (TPSA) is 46.0 Å². The quantitative estimate of drug-likeness (QED) is 0.822. The molecule has 0 aromatic carbocycles. The molecule has 0 bridgehead atoms. The summed E-state index contributed by atoms with van der Waals surface area (Å²) < 4.78 is 0. The van der Waals surface area contributed by atoms with Crippen LogP contribution in [0.25, 0.3) is 10.3 Å². The van der Waals surface area contributed by atoms with Crippen LogP contribution in [0.15, 0.2) is 12.1 Å². The van der Waals surface area contributed by atoms with E-state index in [0.717, 1.165) is 21.0 Å². The normalized spacial score (nSPS) is 13.4. The molecule has 0 radical (unpaired) electrons. The van der Waals surface area contributed by atoms with Gasteiger partial charge in [-0.1, -0.05) is 18.3 Å². The van der Waals surface area contributed by atoms with Crippen molar-refractivity contribution in [2.45, 2.75) is 19.8 Å². The fourth-order valence-electron chi connectivity index (χ4n) is 1.31. The molecule has 0 fully saturated rings. The summed E-state index contributed by atoms with van der Waals surface area (Å²) in [6.07, 6.45) is 0. The van der Waals surface area contributed by atoms with Gasteiger partial charge in [-0.2, -0.15) is 0 Å². The standard InChI is InChI=1S/C10H12N2OS/c1-6(5-13)8-3-4-9-10(12-8)14-7(2)11-9/h3-4,6,13H,5H2,1-2H3. The molecule has 2 aromatic heterocycles. The number of aliphatic hydroxyl groups is 1. The zero-order valence-corrected chi connectivity index (χ0v) is 9.01. The lowest BCUT2D eigenvalue weighted by molar-refractivity contribution is 0.271. The SMILES string of the molecule is Cc1nc2ccc(C(C)CO)nc2s1. The molecule has 0 aliphatic rings. The van der Waals surface area contributed by atoms with E-state index in [0.29, 0.717) is 0 Å². The maximum absolute atomic E-state index is 9.01. The van der Waals surface area contributed by atoms with Gasteiger partial charge in [-0.25, -0.2) is 9.97 Å². The highest BCUT2D eigenvalue weighted by atomic mass is 32.1. The number of aliphatic hydroxyl groups excluding tert-OH is 1. The number of fused-ring (bicyclic) bond motifs is 1. The maximum atomic E-state index is 9.01. The van der Waals surface area contributed by atoms with E-state index in [1.165, 1.54) is 0 Å². The molecule has 0 amide bonds. The predicted molar refractivity (Wildman–Crippen MR) is 57.7 cm³/mol. The van der Waals surface area contributed by atoms with Gasteiger partial charge in [0.05, 0.1) is 11.6 Å². The second-order valence-corrected chi connectivity index (χ2v) is 4.56. The first kappa shape index (κ1) is 9.55. The summed E-state index contributed by atoms with van der Waals surface area (Å²) in [5.74, 6) is 0.0989. The lowest BCUT2D eigenvalue weighted by Gasteiger charge is -2.05. The lowest BCUT2D eigenvalue weighted by Crippen LogP contribution is -2.00. The van der Waals surface area contributed by atoms with Crippen molar-refractivity contribution in [2.24, 2.45) is 0 Å². The number of nitrogens with zero attached hydrogens (tertiary/aromatic N) is 2. The molecular formula is C10H12N2OS. The highest BCUT2D eigenvalue weighted by Crippen LogP contribution is 2.22. The van der Waals surface area contributed by atoms with Gasteiger partial charge >= 0.3 is 0 Å². The molecule has 1 N–H and O–H groups in total. The van der Waals surface area contributed by atoms with Gasteiger partial charge in [-0.15, -0.1) is 0 Å². The summed E-state index contributed by atoms with van der Waals surface area (Å²) in [4.78, 5) is 9.75. The zero-order chi connectivity index (χ0) is 10.1. The Hall–Kier alpha value is -1.00. The zero-order valence-electron chi connectivity index (χ0n) is 8.19. The molecule has 1 atom stereocenters. The third-order valence-electron chi connectivity index (χ3n) is 2.16. The monoisotopic (exact) mass is 208 g/mol. The molecule has 0 spiro atoms. The Morgan fingerprint density at radius 2 is 2.21 bits per heavy atom. The lowest BCUT2D eigenvalue weighted by atomic mass is 10.1. The minimum absolute atomic E-state index is 0.0989. The Morgan fingerprint density at radius 3 is 2.93 bits per heavy atom. The van der Waals surface area contributed by atoms with Gasteiger partial charge in [0.1, 0.15) is 10.3 Å². The maximum Gasteiger partial charge on any atom is 0.143 e. The first-order valence-corrected chi connectivity index (χ1v) is 5.37. The van der Waals surface area contributed by atoms with Gasteiger partial charge in [-0.3, -0.25) is 0 Å². The Labute approximate surface area is 86.4 Å². The average molecular weight is 208 g/mol. The van der Waals surface area contributed by atoms with Crippen LogP contribution >= 0.6 is 11.3 Å². The van der Waals surface area contributed by atoms with E-state index in [4.69, 9.17) is 5.11 Å². The number of rotatable bonds is 2. The van der Waals surface area contributed by atoms with Crippen molar-refractivity contribution in [3.63, 3.8) is 0 Å². The summed E-state index contributed by atoms with van der Waals surface area (Å²) >= 11 is 1.59. The first-order chi connectivity index (χ1) is 6.70. The van der Waals surface area contributed by atoms with Crippen LogP contribution in [0.1, 0.15) is 23.5 Å². The minimum atomic E-state index is 0.0989. The molecule has 0 aliphatic carbocycles. The second kappa shape index (κ2) is 3.63. The van der Waals surface area contributed by atoms with Crippen molar-refractivity contribution >= 4 is 21.7 Å². The van der Waals surface area contributed by atoms with E-state index in [2.05, 4.69) is 9.97 Å². The second-order valence-electron chi connectivity index (χ2n) is 3.38.